The molecule has 0 spiro atoms. The van der Waals surface area contributed by atoms with Crippen molar-refractivity contribution >= 4 is 17.4 Å². The first-order chi connectivity index (χ1) is 23.6. The minimum absolute atomic E-state index is 0.117. The van der Waals surface area contributed by atoms with Gasteiger partial charge in [0.25, 0.3) is 0 Å². The van der Waals surface area contributed by atoms with Gasteiger partial charge in [0.1, 0.15) is 23.0 Å². The lowest BCUT2D eigenvalue weighted by molar-refractivity contribution is -0.164. The predicted octanol–water partition coefficient (Wildman–Crippen LogP) is 8.21. The molecule has 0 bridgehead atoms. The number of ether oxygens (including phenoxy) is 4. The molecule has 0 saturated carbocycles. The summed E-state index contributed by atoms with van der Waals surface area (Å²) >= 11 is 0. The van der Waals surface area contributed by atoms with E-state index in [0.717, 1.165) is 35.3 Å². The van der Waals surface area contributed by atoms with Crippen LogP contribution in [0.25, 0.3) is 28.0 Å². The highest BCUT2D eigenvalue weighted by atomic mass is 19.1. The quantitative estimate of drug-likeness (QED) is 0.118. The molecule has 2 aromatic carbocycles. The summed E-state index contributed by atoms with van der Waals surface area (Å²) in [7, 11) is 1.38. The molecule has 1 aliphatic rings. The van der Waals surface area contributed by atoms with E-state index in [0.29, 0.717) is 61.3 Å². The van der Waals surface area contributed by atoms with Crippen molar-refractivity contribution in [3.63, 3.8) is 0 Å². The number of carbonyl (C=O) groups excluding carboxylic acids is 1. The zero-order valence-electron chi connectivity index (χ0n) is 30.9. The van der Waals surface area contributed by atoms with E-state index < -0.39 is 23.5 Å². The Labute approximate surface area is 295 Å². The van der Waals surface area contributed by atoms with Gasteiger partial charge in [0, 0.05) is 37.0 Å². The van der Waals surface area contributed by atoms with E-state index in [9.17, 15) is 9.90 Å². The van der Waals surface area contributed by atoms with Gasteiger partial charge in [0.05, 0.1) is 42.8 Å². The number of phenolic OH excluding ortho intramolecular Hbond substituents is 1. The van der Waals surface area contributed by atoms with Crippen molar-refractivity contribution in [1.29, 1.82) is 0 Å². The van der Waals surface area contributed by atoms with E-state index in [1.54, 1.807) is 19.1 Å². The molecule has 270 valence electrons. The molecular formula is C40H52FN3O6. The van der Waals surface area contributed by atoms with Gasteiger partial charge in [-0.05, 0) is 101 Å². The summed E-state index contributed by atoms with van der Waals surface area (Å²) < 4.78 is 40.9. The van der Waals surface area contributed by atoms with Crippen LogP contribution in [0.5, 0.6) is 5.75 Å². The van der Waals surface area contributed by atoms with Crippen LogP contribution in [0.3, 0.4) is 0 Å². The number of aromatic nitrogens is 2. The summed E-state index contributed by atoms with van der Waals surface area (Å²) in [6.45, 7) is 19.0. The van der Waals surface area contributed by atoms with E-state index >= 15 is 4.39 Å². The Morgan fingerprint density at radius 2 is 1.76 bits per heavy atom. The fourth-order valence-corrected chi connectivity index (χ4v) is 6.56. The number of hydrogen-bond donors (Lipinski definition) is 1. The molecule has 1 N–H and O–H groups in total. The van der Waals surface area contributed by atoms with Gasteiger partial charge in [-0.25, -0.2) is 14.2 Å². The number of nitrogens with zero attached hydrogens (tertiary/aromatic N) is 3. The molecule has 50 heavy (non-hydrogen) atoms. The van der Waals surface area contributed by atoms with Gasteiger partial charge in [0.2, 0.25) is 0 Å². The molecule has 0 unspecified atom stereocenters. The number of imidazole rings is 1. The molecule has 3 heterocycles. The minimum Gasteiger partial charge on any atom is -0.507 e. The van der Waals surface area contributed by atoms with Gasteiger partial charge in [-0.1, -0.05) is 32.0 Å². The SMILES string of the molecule is COC(=O)[C@@H](OC(C)(C)C)c1c(C)cc2nc(-c3cccc(-c4c(O)cc(C)cc4F)c3)cn2c1N1CCC(C)(OCCOCC(C)C)CC1. The molecular weight excluding hydrogens is 637 g/mol. The number of anilines is 1. The highest BCUT2D eigenvalue weighted by molar-refractivity contribution is 5.82. The summed E-state index contributed by atoms with van der Waals surface area (Å²) in [5, 5.41) is 10.6. The lowest BCUT2D eigenvalue weighted by Crippen LogP contribution is -2.46. The van der Waals surface area contributed by atoms with E-state index in [1.807, 2.05) is 62.6 Å². The van der Waals surface area contributed by atoms with E-state index in [-0.39, 0.29) is 16.9 Å². The molecule has 2 aromatic heterocycles. The fourth-order valence-electron chi connectivity index (χ4n) is 6.56. The van der Waals surface area contributed by atoms with Gasteiger partial charge in [-0.2, -0.15) is 0 Å². The number of benzene rings is 2. The Kier molecular flexibility index (Phi) is 11.2. The Balaban J connectivity index is 1.57. The third-order valence-corrected chi connectivity index (χ3v) is 9.03. The maximum Gasteiger partial charge on any atom is 0.339 e. The van der Waals surface area contributed by atoms with Crippen molar-refractivity contribution < 1.29 is 33.2 Å². The predicted molar refractivity (Wildman–Crippen MR) is 194 cm³/mol. The number of fused-ring (bicyclic) bond motifs is 1. The number of esters is 1. The van der Waals surface area contributed by atoms with Crippen LogP contribution >= 0.6 is 0 Å². The van der Waals surface area contributed by atoms with Crippen LogP contribution in [0.4, 0.5) is 10.2 Å². The van der Waals surface area contributed by atoms with Crippen LogP contribution < -0.4 is 4.90 Å². The topological polar surface area (TPSA) is 94.8 Å². The molecule has 0 aliphatic carbocycles. The number of methoxy groups -OCH3 is 1. The first kappa shape index (κ1) is 37.3. The largest absolute Gasteiger partial charge is 0.507 e. The molecule has 1 aliphatic heterocycles. The molecule has 1 saturated heterocycles. The summed E-state index contributed by atoms with van der Waals surface area (Å²) in [6.07, 6.45) is 2.50. The van der Waals surface area contributed by atoms with E-state index in [4.69, 9.17) is 23.9 Å². The Morgan fingerprint density at radius 3 is 2.40 bits per heavy atom. The number of carbonyl (C=O) groups is 1. The lowest BCUT2D eigenvalue weighted by atomic mass is 9.92. The number of hydrogen-bond acceptors (Lipinski definition) is 8. The zero-order chi connectivity index (χ0) is 36.4. The molecule has 0 radical (unpaired) electrons. The van der Waals surface area contributed by atoms with Crippen molar-refractivity contribution in [2.24, 2.45) is 5.92 Å². The van der Waals surface area contributed by atoms with Crippen molar-refractivity contribution in [3.8, 4) is 28.1 Å². The van der Waals surface area contributed by atoms with Crippen LogP contribution in [0.15, 0.2) is 48.7 Å². The molecule has 0 amide bonds. The number of rotatable bonds is 12. The summed E-state index contributed by atoms with van der Waals surface area (Å²) in [5.74, 6) is 0.188. The van der Waals surface area contributed by atoms with E-state index in [1.165, 1.54) is 13.2 Å². The summed E-state index contributed by atoms with van der Waals surface area (Å²) in [4.78, 5) is 20.7. The van der Waals surface area contributed by atoms with E-state index in [2.05, 4.69) is 25.7 Å². The number of phenols is 1. The van der Waals surface area contributed by atoms with Gasteiger partial charge in [-0.15, -0.1) is 0 Å². The second kappa shape index (κ2) is 15.1. The van der Waals surface area contributed by atoms with Gasteiger partial charge >= 0.3 is 5.97 Å². The second-order valence-electron chi connectivity index (χ2n) is 15.0. The third-order valence-electron chi connectivity index (χ3n) is 9.03. The van der Waals surface area contributed by atoms with Crippen molar-refractivity contribution in [2.75, 3.05) is 44.9 Å². The summed E-state index contributed by atoms with van der Waals surface area (Å²) in [6, 6.07) is 12.3. The maximum atomic E-state index is 15.1. The molecule has 1 atom stereocenters. The monoisotopic (exact) mass is 689 g/mol. The van der Waals surface area contributed by atoms with Gasteiger partial charge in [0.15, 0.2) is 6.10 Å². The first-order valence-corrected chi connectivity index (χ1v) is 17.4. The maximum absolute atomic E-state index is 15.1. The van der Waals surface area contributed by atoms with Crippen molar-refractivity contribution in [1.82, 2.24) is 9.38 Å². The van der Waals surface area contributed by atoms with Crippen LogP contribution in [-0.2, 0) is 23.7 Å². The highest BCUT2D eigenvalue weighted by Gasteiger charge is 2.37. The average Bonchev–Trinajstić information content (AvgIpc) is 3.46. The first-order valence-electron chi connectivity index (χ1n) is 17.4. The Morgan fingerprint density at radius 1 is 1.06 bits per heavy atom. The number of aryl methyl sites for hydroxylation is 2. The summed E-state index contributed by atoms with van der Waals surface area (Å²) in [5.41, 5.74) is 4.04. The zero-order valence-corrected chi connectivity index (χ0v) is 30.9. The standard InChI is InChI=1S/C40H52FN3O6/c1-25(2)24-48-17-18-49-40(8)13-15-43(16-14-40)37-34(36(38(46)47-9)50-39(5,6)7)27(4)21-33-42-31(23-44(33)37)28-11-10-12-29(22-28)35-30(41)19-26(3)20-32(35)45/h10-12,19-23,25,36,45H,13-18,24H2,1-9H3/t36-/m0/s1. The second-order valence-corrected chi connectivity index (χ2v) is 15.0. The molecule has 10 heteroatoms. The van der Waals surface area contributed by atoms with Crippen LogP contribution in [0, 0.1) is 25.6 Å². The van der Waals surface area contributed by atoms with Crippen molar-refractivity contribution in [3.05, 3.63) is 71.2 Å². The molecule has 9 nitrogen and oxygen atoms in total. The minimum atomic E-state index is -0.983. The number of pyridine rings is 1. The number of halogens is 1. The normalized spacial score (nSPS) is 15.5. The van der Waals surface area contributed by atoms with Crippen LogP contribution in [-0.4, -0.2) is 71.7 Å². The number of piperidine rings is 1. The van der Waals surface area contributed by atoms with Crippen LogP contribution in [0.2, 0.25) is 0 Å². The fraction of sp³-hybridized carbons (Fsp3) is 0.500. The highest BCUT2D eigenvalue weighted by Crippen LogP contribution is 2.40. The number of aromatic hydroxyl groups is 1. The average molecular weight is 690 g/mol. The van der Waals surface area contributed by atoms with Gasteiger partial charge < -0.3 is 29.0 Å². The van der Waals surface area contributed by atoms with Gasteiger partial charge in [-0.3, -0.25) is 4.40 Å². The Hall–Kier alpha value is -3.99. The van der Waals surface area contributed by atoms with Crippen molar-refractivity contribution in [2.45, 2.75) is 85.5 Å². The smallest absolute Gasteiger partial charge is 0.339 e. The lowest BCUT2D eigenvalue weighted by Gasteiger charge is -2.41. The third kappa shape index (κ3) is 8.48. The molecule has 1 fully saturated rings. The van der Waals surface area contributed by atoms with Crippen LogP contribution in [0.1, 0.15) is 77.2 Å². The molecule has 5 rings (SSSR count). The Bertz CT molecular complexity index is 1800. The molecule has 4 aromatic rings.